The van der Waals surface area contributed by atoms with Gasteiger partial charge in [0.05, 0.1) is 5.66 Å². The van der Waals surface area contributed by atoms with Crippen molar-refractivity contribution in [3.63, 3.8) is 0 Å². The van der Waals surface area contributed by atoms with Crippen LogP contribution in [0.5, 0.6) is 0 Å². The van der Waals surface area contributed by atoms with Gasteiger partial charge in [-0.3, -0.25) is 4.90 Å². The zero-order chi connectivity index (χ0) is 18.8. The lowest BCUT2D eigenvalue weighted by atomic mass is 9.97. The summed E-state index contributed by atoms with van der Waals surface area (Å²) in [7, 11) is 4.21. The van der Waals surface area contributed by atoms with Gasteiger partial charge in [-0.1, -0.05) is 117 Å². The summed E-state index contributed by atoms with van der Waals surface area (Å²) in [6, 6.07) is 0. The van der Waals surface area contributed by atoms with E-state index in [1.54, 1.807) is 0 Å². The van der Waals surface area contributed by atoms with Crippen LogP contribution in [0.2, 0.25) is 0 Å². The van der Waals surface area contributed by atoms with Crippen molar-refractivity contribution in [2.24, 2.45) is 5.73 Å². The highest BCUT2D eigenvalue weighted by Gasteiger charge is 2.24. The number of nitrogens with two attached hydrogens (primary N) is 1. The van der Waals surface area contributed by atoms with Crippen LogP contribution in [0.3, 0.4) is 0 Å². The van der Waals surface area contributed by atoms with E-state index >= 15 is 0 Å². The summed E-state index contributed by atoms with van der Waals surface area (Å²) in [5, 5.41) is 0. The summed E-state index contributed by atoms with van der Waals surface area (Å²) >= 11 is 0. The predicted molar refractivity (Wildman–Crippen MR) is 115 cm³/mol. The first-order valence-corrected chi connectivity index (χ1v) is 11.5. The van der Waals surface area contributed by atoms with E-state index in [0.717, 1.165) is 12.8 Å². The minimum absolute atomic E-state index is 0.0873. The Hall–Kier alpha value is -0.0800. The first kappa shape index (κ1) is 24.9. The first-order valence-electron chi connectivity index (χ1n) is 11.5. The molecule has 0 aliphatic heterocycles. The van der Waals surface area contributed by atoms with Crippen molar-refractivity contribution in [3.05, 3.63) is 0 Å². The van der Waals surface area contributed by atoms with Crippen LogP contribution in [0.4, 0.5) is 0 Å². The van der Waals surface area contributed by atoms with Crippen LogP contribution in [-0.4, -0.2) is 24.7 Å². The topological polar surface area (TPSA) is 29.3 Å². The summed E-state index contributed by atoms with van der Waals surface area (Å²) in [5.74, 6) is 0. The van der Waals surface area contributed by atoms with Crippen molar-refractivity contribution in [1.29, 1.82) is 0 Å². The summed E-state index contributed by atoms with van der Waals surface area (Å²) in [4.78, 5) is 2.19. The smallest absolute Gasteiger partial charge is 0.0679 e. The molecular formula is C23H50N2. The van der Waals surface area contributed by atoms with Crippen LogP contribution in [0.15, 0.2) is 0 Å². The van der Waals surface area contributed by atoms with Crippen LogP contribution in [-0.2, 0) is 0 Å². The van der Waals surface area contributed by atoms with E-state index in [0.29, 0.717) is 0 Å². The Morgan fingerprint density at radius 2 is 0.880 bits per heavy atom. The highest BCUT2D eigenvalue weighted by Crippen LogP contribution is 2.19. The fourth-order valence-electron chi connectivity index (χ4n) is 3.70. The Morgan fingerprint density at radius 3 is 1.16 bits per heavy atom. The third-order valence-corrected chi connectivity index (χ3v) is 5.97. The summed E-state index contributed by atoms with van der Waals surface area (Å²) in [6.07, 6.45) is 25.0. The van der Waals surface area contributed by atoms with Gasteiger partial charge in [0.25, 0.3) is 0 Å². The second-order valence-corrected chi connectivity index (χ2v) is 8.40. The van der Waals surface area contributed by atoms with E-state index in [9.17, 15) is 0 Å². The minimum Gasteiger partial charge on any atom is -0.313 e. The third-order valence-electron chi connectivity index (χ3n) is 5.97. The molecule has 1 unspecified atom stereocenters. The molecule has 0 aliphatic carbocycles. The lowest BCUT2D eigenvalue weighted by molar-refractivity contribution is 0.136. The molecule has 0 amide bonds. The lowest BCUT2D eigenvalue weighted by Gasteiger charge is -2.35. The number of hydrogen-bond acceptors (Lipinski definition) is 2. The fraction of sp³-hybridized carbons (Fsp3) is 1.00. The molecule has 2 N–H and O–H groups in total. The molecule has 1 atom stereocenters. The second kappa shape index (κ2) is 17.3. The average Bonchev–Trinajstić information content (AvgIpc) is 2.61. The van der Waals surface area contributed by atoms with Crippen molar-refractivity contribution < 1.29 is 0 Å². The Morgan fingerprint density at radius 1 is 0.560 bits per heavy atom. The zero-order valence-corrected chi connectivity index (χ0v) is 18.3. The van der Waals surface area contributed by atoms with Gasteiger partial charge in [0.1, 0.15) is 0 Å². The standard InChI is InChI=1S/C23H50N2/c1-5-7-8-9-10-11-12-13-14-15-16-17-18-19-20-21-22-23(24,6-2)25(3)4/h5-22,24H2,1-4H3. The van der Waals surface area contributed by atoms with E-state index in [-0.39, 0.29) is 5.66 Å². The van der Waals surface area contributed by atoms with E-state index in [1.165, 1.54) is 103 Å². The molecule has 0 rings (SSSR count). The van der Waals surface area contributed by atoms with Crippen molar-refractivity contribution in [2.45, 2.75) is 135 Å². The quantitative estimate of drug-likeness (QED) is 0.195. The van der Waals surface area contributed by atoms with E-state index < -0.39 is 0 Å². The number of hydrogen-bond donors (Lipinski definition) is 1. The molecule has 0 aromatic carbocycles. The molecule has 0 saturated heterocycles. The molecule has 0 spiro atoms. The molecule has 0 heterocycles. The lowest BCUT2D eigenvalue weighted by Crippen LogP contribution is -2.51. The average molecular weight is 355 g/mol. The Kier molecular flexibility index (Phi) is 17.3. The van der Waals surface area contributed by atoms with E-state index in [2.05, 4.69) is 32.8 Å². The maximum Gasteiger partial charge on any atom is 0.0679 e. The molecule has 25 heavy (non-hydrogen) atoms. The van der Waals surface area contributed by atoms with E-state index in [1.807, 2.05) is 0 Å². The SMILES string of the molecule is CCCCCCCCCCCCCCCCCCC(N)(CC)N(C)C. The van der Waals surface area contributed by atoms with Crippen molar-refractivity contribution in [1.82, 2.24) is 4.90 Å². The third kappa shape index (κ3) is 14.7. The molecule has 0 aliphatic rings. The molecule has 0 aromatic rings. The van der Waals surface area contributed by atoms with Gasteiger partial charge in [0, 0.05) is 0 Å². The largest absolute Gasteiger partial charge is 0.313 e. The predicted octanol–water partition coefficient (Wildman–Crippen LogP) is 7.26. The minimum atomic E-state index is -0.0873. The van der Waals surface area contributed by atoms with Gasteiger partial charge in [-0.15, -0.1) is 0 Å². The van der Waals surface area contributed by atoms with Crippen LogP contribution in [0.25, 0.3) is 0 Å². The summed E-state index contributed by atoms with van der Waals surface area (Å²) in [5.41, 5.74) is 6.34. The highest BCUT2D eigenvalue weighted by molar-refractivity contribution is 4.79. The molecular weight excluding hydrogens is 304 g/mol. The highest BCUT2D eigenvalue weighted by atomic mass is 15.2. The van der Waals surface area contributed by atoms with Gasteiger partial charge in [0.15, 0.2) is 0 Å². The van der Waals surface area contributed by atoms with E-state index in [4.69, 9.17) is 5.73 Å². The molecule has 0 aromatic heterocycles. The maximum absolute atomic E-state index is 6.43. The number of nitrogens with zero attached hydrogens (tertiary/aromatic N) is 1. The van der Waals surface area contributed by atoms with Gasteiger partial charge in [-0.25, -0.2) is 0 Å². The number of rotatable bonds is 19. The Bertz CT molecular complexity index is 265. The second-order valence-electron chi connectivity index (χ2n) is 8.40. The van der Waals surface area contributed by atoms with Gasteiger partial charge in [0.2, 0.25) is 0 Å². The fourth-order valence-corrected chi connectivity index (χ4v) is 3.70. The molecule has 0 bridgehead atoms. The van der Waals surface area contributed by atoms with Gasteiger partial charge < -0.3 is 5.73 Å². The van der Waals surface area contributed by atoms with Crippen LogP contribution in [0, 0.1) is 0 Å². The molecule has 0 radical (unpaired) electrons. The van der Waals surface area contributed by atoms with Crippen LogP contribution < -0.4 is 5.73 Å². The Labute approximate surface area is 160 Å². The van der Waals surface area contributed by atoms with Crippen LogP contribution in [0.1, 0.15) is 129 Å². The van der Waals surface area contributed by atoms with Crippen molar-refractivity contribution in [2.75, 3.05) is 14.1 Å². The van der Waals surface area contributed by atoms with Gasteiger partial charge >= 0.3 is 0 Å². The van der Waals surface area contributed by atoms with Crippen LogP contribution >= 0.6 is 0 Å². The molecule has 152 valence electrons. The van der Waals surface area contributed by atoms with Gasteiger partial charge in [-0.05, 0) is 26.9 Å². The molecule has 2 heteroatoms. The molecule has 0 saturated carbocycles. The zero-order valence-electron chi connectivity index (χ0n) is 18.3. The summed E-state index contributed by atoms with van der Waals surface area (Å²) < 4.78 is 0. The Balaban J connectivity index is 3.22. The summed E-state index contributed by atoms with van der Waals surface area (Å²) in [6.45, 7) is 4.49. The monoisotopic (exact) mass is 354 g/mol. The molecule has 2 nitrogen and oxygen atoms in total. The maximum atomic E-state index is 6.43. The normalized spacial score (nSPS) is 14.2. The van der Waals surface area contributed by atoms with Crippen molar-refractivity contribution >= 4 is 0 Å². The van der Waals surface area contributed by atoms with Crippen molar-refractivity contribution in [3.8, 4) is 0 Å². The molecule has 0 fully saturated rings. The number of unbranched alkanes of at least 4 members (excludes halogenated alkanes) is 15. The van der Waals surface area contributed by atoms with Gasteiger partial charge in [-0.2, -0.15) is 0 Å². The first-order chi connectivity index (χ1) is 12.1.